The van der Waals surface area contributed by atoms with Gasteiger partial charge in [-0.05, 0) is 43.5 Å². The third-order valence-electron chi connectivity index (χ3n) is 3.57. The molecular formula is C16H21FIN5O. The number of aliphatic imine (C=N–C) groups is 1. The minimum absolute atomic E-state index is 0. The minimum atomic E-state index is -0.281. The lowest BCUT2D eigenvalue weighted by molar-refractivity contribution is 0.376. The summed E-state index contributed by atoms with van der Waals surface area (Å²) in [6.45, 7) is 0.778. The SMILES string of the molecule is CN=C(NCCCc1nc(-c2ccc(F)cc2)no1)NC1CC1.I. The molecule has 24 heavy (non-hydrogen) atoms. The average molecular weight is 445 g/mol. The molecule has 2 N–H and O–H groups in total. The standard InChI is InChI=1S/C16H20FN5O.HI/c1-18-16(20-13-8-9-13)19-10-2-3-14-21-15(22-23-14)11-4-6-12(17)7-5-11;/h4-7,13H,2-3,8-10H2,1H3,(H2,18,19,20);1H. The van der Waals surface area contributed by atoms with Crippen LogP contribution in [-0.2, 0) is 6.42 Å². The van der Waals surface area contributed by atoms with E-state index in [1.165, 1.54) is 25.0 Å². The largest absolute Gasteiger partial charge is 0.356 e. The van der Waals surface area contributed by atoms with Gasteiger partial charge in [0.2, 0.25) is 11.7 Å². The van der Waals surface area contributed by atoms with E-state index in [1.807, 2.05) is 0 Å². The van der Waals surface area contributed by atoms with Crippen molar-refractivity contribution in [2.45, 2.75) is 31.7 Å². The molecule has 1 aliphatic rings. The molecule has 1 aliphatic carbocycles. The van der Waals surface area contributed by atoms with E-state index in [9.17, 15) is 4.39 Å². The summed E-state index contributed by atoms with van der Waals surface area (Å²) in [4.78, 5) is 8.51. The highest BCUT2D eigenvalue weighted by atomic mass is 127. The van der Waals surface area contributed by atoms with Crippen LogP contribution in [0.4, 0.5) is 4.39 Å². The molecule has 0 unspecified atom stereocenters. The zero-order chi connectivity index (χ0) is 16.1. The molecule has 0 bridgehead atoms. The van der Waals surface area contributed by atoms with E-state index in [0.29, 0.717) is 24.2 Å². The summed E-state index contributed by atoms with van der Waals surface area (Å²) in [5.41, 5.74) is 0.744. The Morgan fingerprint density at radius 1 is 1.33 bits per heavy atom. The lowest BCUT2D eigenvalue weighted by atomic mass is 10.2. The van der Waals surface area contributed by atoms with E-state index < -0.39 is 0 Å². The summed E-state index contributed by atoms with van der Waals surface area (Å²) >= 11 is 0. The first kappa shape index (κ1) is 18.6. The van der Waals surface area contributed by atoms with E-state index in [-0.39, 0.29) is 29.8 Å². The van der Waals surface area contributed by atoms with Gasteiger partial charge in [0, 0.05) is 31.6 Å². The van der Waals surface area contributed by atoms with Gasteiger partial charge in [-0.3, -0.25) is 4.99 Å². The quantitative estimate of drug-likeness (QED) is 0.310. The summed E-state index contributed by atoms with van der Waals surface area (Å²) < 4.78 is 18.1. The highest BCUT2D eigenvalue weighted by molar-refractivity contribution is 14.0. The Hall–Kier alpha value is -1.71. The second-order valence-corrected chi connectivity index (χ2v) is 5.54. The summed E-state index contributed by atoms with van der Waals surface area (Å²) in [5.74, 6) is 1.62. The molecule has 0 atom stereocenters. The number of guanidine groups is 1. The third-order valence-corrected chi connectivity index (χ3v) is 3.57. The van der Waals surface area contributed by atoms with Crippen molar-refractivity contribution in [3.63, 3.8) is 0 Å². The Balaban J connectivity index is 0.00000208. The summed E-state index contributed by atoms with van der Waals surface area (Å²) in [6, 6.07) is 6.62. The molecule has 0 aliphatic heterocycles. The van der Waals surface area contributed by atoms with Crippen LogP contribution in [0.15, 0.2) is 33.8 Å². The maximum Gasteiger partial charge on any atom is 0.227 e. The molecule has 130 valence electrons. The molecule has 3 rings (SSSR count). The lowest BCUT2D eigenvalue weighted by Crippen LogP contribution is -2.39. The van der Waals surface area contributed by atoms with Gasteiger partial charge in [0.1, 0.15) is 5.82 Å². The van der Waals surface area contributed by atoms with Gasteiger partial charge in [-0.2, -0.15) is 4.98 Å². The normalized spacial score (nSPS) is 14.2. The van der Waals surface area contributed by atoms with Gasteiger partial charge in [0.25, 0.3) is 0 Å². The van der Waals surface area contributed by atoms with Crippen molar-refractivity contribution in [1.29, 1.82) is 0 Å². The molecular weight excluding hydrogens is 424 g/mol. The highest BCUT2D eigenvalue weighted by Gasteiger charge is 2.21. The van der Waals surface area contributed by atoms with Gasteiger partial charge in [0.15, 0.2) is 5.96 Å². The molecule has 6 nitrogen and oxygen atoms in total. The highest BCUT2D eigenvalue weighted by Crippen LogP contribution is 2.18. The van der Waals surface area contributed by atoms with E-state index >= 15 is 0 Å². The van der Waals surface area contributed by atoms with Crippen LogP contribution in [-0.4, -0.2) is 35.7 Å². The van der Waals surface area contributed by atoms with Crippen LogP contribution < -0.4 is 10.6 Å². The first-order chi connectivity index (χ1) is 11.2. The molecule has 2 aromatic rings. The van der Waals surface area contributed by atoms with Crippen LogP contribution in [0.2, 0.25) is 0 Å². The Labute approximate surface area is 157 Å². The molecule has 0 saturated heterocycles. The molecule has 0 radical (unpaired) electrons. The number of aromatic nitrogens is 2. The molecule has 0 amide bonds. The number of aryl methyl sites for hydroxylation is 1. The van der Waals surface area contributed by atoms with E-state index in [4.69, 9.17) is 4.52 Å². The molecule has 1 aromatic heterocycles. The van der Waals surface area contributed by atoms with Crippen LogP contribution in [0.5, 0.6) is 0 Å². The Morgan fingerprint density at radius 3 is 2.75 bits per heavy atom. The molecule has 1 saturated carbocycles. The smallest absolute Gasteiger partial charge is 0.227 e. The minimum Gasteiger partial charge on any atom is -0.356 e. The summed E-state index contributed by atoms with van der Waals surface area (Å²) in [6.07, 6.45) is 3.97. The second kappa shape index (κ2) is 8.95. The average Bonchev–Trinajstić information content (AvgIpc) is 3.26. The van der Waals surface area contributed by atoms with Crippen LogP contribution >= 0.6 is 24.0 Å². The topological polar surface area (TPSA) is 75.3 Å². The fourth-order valence-electron chi connectivity index (χ4n) is 2.13. The Morgan fingerprint density at radius 2 is 2.08 bits per heavy atom. The molecule has 1 aromatic carbocycles. The van der Waals surface area contributed by atoms with Crippen molar-refractivity contribution in [2.24, 2.45) is 4.99 Å². The molecule has 1 heterocycles. The first-order valence-electron chi connectivity index (χ1n) is 7.80. The van der Waals surface area contributed by atoms with Crippen molar-refractivity contribution in [3.05, 3.63) is 36.0 Å². The first-order valence-corrected chi connectivity index (χ1v) is 7.80. The van der Waals surface area contributed by atoms with E-state index in [1.54, 1.807) is 19.2 Å². The number of nitrogens with zero attached hydrogens (tertiary/aromatic N) is 3. The van der Waals surface area contributed by atoms with E-state index in [2.05, 4.69) is 25.8 Å². The van der Waals surface area contributed by atoms with Gasteiger partial charge >= 0.3 is 0 Å². The van der Waals surface area contributed by atoms with Gasteiger partial charge in [-0.15, -0.1) is 24.0 Å². The lowest BCUT2D eigenvalue weighted by Gasteiger charge is -2.09. The number of hydrogen-bond donors (Lipinski definition) is 2. The van der Waals surface area contributed by atoms with Gasteiger partial charge in [-0.25, -0.2) is 4.39 Å². The number of benzene rings is 1. The van der Waals surface area contributed by atoms with E-state index in [0.717, 1.165) is 24.5 Å². The molecule has 8 heteroatoms. The summed E-state index contributed by atoms with van der Waals surface area (Å²) in [7, 11) is 1.77. The maximum absolute atomic E-state index is 12.9. The van der Waals surface area contributed by atoms with Crippen molar-refractivity contribution < 1.29 is 8.91 Å². The second-order valence-electron chi connectivity index (χ2n) is 5.54. The van der Waals surface area contributed by atoms with Crippen LogP contribution in [0.25, 0.3) is 11.4 Å². The summed E-state index contributed by atoms with van der Waals surface area (Å²) in [5, 5.41) is 10.5. The van der Waals surface area contributed by atoms with Gasteiger partial charge in [0.05, 0.1) is 0 Å². The Kier molecular flexibility index (Phi) is 6.95. The van der Waals surface area contributed by atoms with Crippen molar-refractivity contribution in [3.8, 4) is 11.4 Å². The molecule has 1 fully saturated rings. The van der Waals surface area contributed by atoms with Crippen LogP contribution in [0, 0.1) is 5.82 Å². The third kappa shape index (κ3) is 5.43. The predicted octanol–water partition coefficient (Wildman–Crippen LogP) is 2.75. The van der Waals surface area contributed by atoms with Crippen LogP contribution in [0.1, 0.15) is 25.2 Å². The maximum atomic E-state index is 12.9. The number of nitrogens with one attached hydrogen (secondary N) is 2. The zero-order valence-corrected chi connectivity index (χ0v) is 15.8. The Bertz CT molecular complexity index is 669. The van der Waals surface area contributed by atoms with Crippen molar-refractivity contribution >= 4 is 29.9 Å². The van der Waals surface area contributed by atoms with Crippen molar-refractivity contribution in [1.82, 2.24) is 20.8 Å². The predicted molar refractivity (Wildman–Crippen MR) is 101 cm³/mol. The fourth-order valence-corrected chi connectivity index (χ4v) is 2.13. The molecule has 0 spiro atoms. The monoisotopic (exact) mass is 445 g/mol. The van der Waals surface area contributed by atoms with Crippen molar-refractivity contribution in [2.75, 3.05) is 13.6 Å². The fraction of sp³-hybridized carbons (Fsp3) is 0.438. The number of halogens is 2. The van der Waals surface area contributed by atoms with Gasteiger partial charge < -0.3 is 15.2 Å². The number of hydrogen-bond acceptors (Lipinski definition) is 4. The number of rotatable bonds is 6. The van der Waals surface area contributed by atoms with Gasteiger partial charge in [-0.1, -0.05) is 5.16 Å². The zero-order valence-electron chi connectivity index (χ0n) is 13.5. The van der Waals surface area contributed by atoms with Crippen LogP contribution in [0.3, 0.4) is 0 Å².